The molecule has 1 aliphatic heterocycles. The minimum Gasteiger partial charge on any atom is -0.244 e. The van der Waals surface area contributed by atoms with Gasteiger partial charge in [0.15, 0.2) is 23.3 Å². The Hall–Kier alpha value is -3.20. The van der Waals surface area contributed by atoms with Gasteiger partial charge < -0.3 is 0 Å². The van der Waals surface area contributed by atoms with Crippen LogP contribution in [0, 0.1) is 46.9 Å². The lowest BCUT2D eigenvalue weighted by molar-refractivity contribution is 0.502. The lowest BCUT2D eigenvalue weighted by Crippen LogP contribution is -2.03. The van der Waals surface area contributed by atoms with E-state index in [1.807, 2.05) is 12.1 Å². The molecule has 12 rings (SSSR count). The van der Waals surface area contributed by atoms with Gasteiger partial charge in [0, 0.05) is 41.9 Å². The molecule has 0 atom stereocenters. The van der Waals surface area contributed by atoms with Crippen LogP contribution in [-0.4, -0.2) is 50.3 Å². The zero-order chi connectivity index (χ0) is 42.8. The van der Waals surface area contributed by atoms with Gasteiger partial charge in [-0.15, -0.1) is 10.2 Å². The number of aromatic nitrogens is 9. The molecule has 0 radical (unpaired) electrons. The topological polar surface area (TPSA) is 117 Å². The van der Waals surface area contributed by atoms with Crippen molar-refractivity contribution in [2.75, 3.05) is 5.33 Å². The van der Waals surface area contributed by atoms with Gasteiger partial charge in [0.25, 0.3) is 0 Å². The SMILES string of the molecule is BrCC1CC1.Fc1cc(Br)cc2c1N=NC2.Fc1cc(Br)cc2c1nnn2CC1CC1.Fc1cc(Br)cc2nn(CC3CC3)nc12.Fc1cc(Br)cc2nnn(CC3CC3)c12. The van der Waals surface area contributed by atoms with Crippen molar-refractivity contribution in [2.45, 2.75) is 77.5 Å². The molecule has 5 aliphatic rings. The van der Waals surface area contributed by atoms with Gasteiger partial charge in [-0.1, -0.05) is 90.1 Å². The Morgan fingerprint density at radius 2 is 1.08 bits per heavy atom. The number of rotatable bonds is 7. The summed E-state index contributed by atoms with van der Waals surface area (Å²) in [5.74, 6) is 1.91. The number of benzene rings is 4. The third-order valence-corrected chi connectivity index (χ3v) is 13.1. The molecule has 11 nitrogen and oxygen atoms in total. The molecule has 7 aromatic rings. The zero-order valence-corrected chi connectivity index (χ0v) is 40.4. The minimum absolute atomic E-state index is 0.259. The lowest BCUT2D eigenvalue weighted by atomic mass is 10.2. The number of halogens is 9. The Labute approximate surface area is 390 Å². The van der Waals surface area contributed by atoms with Crippen molar-refractivity contribution < 1.29 is 17.6 Å². The molecule has 4 heterocycles. The van der Waals surface area contributed by atoms with Crippen LogP contribution in [-0.2, 0) is 26.2 Å². The fraction of sp³-hybridized carbons (Fsp3) is 0.415. The third kappa shape index (κ3) is 12.1. The first-order valence-corrected chi connectivity index (χ1v) is 24.2. The van der Waals surface area contributed by atoms with Gasteiger partial charge in [-0.05, 0) is 124 Å². The summed E-state index contributed by atoms with van der Waals surface area (Å²) in [6.45, 7) is 2.94. The van der Waals surface area contributed by atoms with Crippen molar-refractivity contribution in [1.29, 1.82) is 0 Å². The van der Waals surface area contributed by atoms with E-state index < -0.39 is 0 Å². The number of hydrogen-bond acceptors (Lipinski definition) is 8. The predicted molar refractivity (Wildman–Crippen MR) is 243 cm³/mol. The Bertz CT molecular complexity index is 2690. The van der Waals surface area contributed by atoms with E-state index in [4.69, 9.17) is 0 Å². The number of hydrogen-bond donors (Lipinski definition) is 0. The summed E-state index contributed by atoms with van der Waals surface area (Å²) in [7, 11) is 0. The Kier molecular flexibility index (Phi) is 14.3. The monoisotopic (exact) mass is 1150 g/mol. The van der Waals surface area contributed by atoms with Crippen LogP contribution >= 0.6 is 79.6 Å². The number of fused-ring (bicyclic) bond motifs is 4. The van der Waals surface area contributed by atoms with Crippen LogP contribution in [0.25, 0.3) is 33.1 Å². The van der Waals surface area contributed by atoms with Crippen LogP contribution in [0.2, 0.25) is 0 Å². The second-order valence-corrected chi connectivity index (χ2v) is 20.1. The predicted octanol–water partition coefficient (Wildman–Crippen LogP) is 13.2. The second-order valence-electron chi connectivity index (χ2n) is 15.8. The molecule has 3 aromatic heterocycles. The van der Waals surface area contributed by atoms with Gasteiger partial charge in [0.2, 0.25) is 0 Å². The van der Waals surface area contributed by atoms with Crippen LogP contribution in [0.3, 0.4) is 0 Å². The lowest BCUT2D eigenvalue weighted by Gasteiger charge is -2.00. The Morgan fingerprint density at radius 3 is 1.72 bits per heavy atom. The summed E-state index contributed by atoms with van der Waals surface area (Å²) in [6, 6.07) is 12.9. The van der Waals surface area contributed by atoms with E-state index in [2.05, 4.69) is 121 Å². The standard InChI is InChI=1S/3C10H9BrFN3.C7H4BrFN2.C4H7Br/c11-7-3-8(12)10-9(4-7)15(14-13-10)5-6-1-2-6;11-7-3-8(12)10-9(4-7)13-14-15(10)5-6-1-2-6;11-7-3-8(12)10-9(4-7)13-15(14-10)5-6-1-2-6;8-5-1-4-3-10-11-7(4)6(9)2-5;5-3-4-1-2-4/h3*3-4,6H,1-2,5H2;1-2H,3H2;4H,1-3H2. The van der Waals surface area contributed by atoms with Crippen LogP contribution in [0.15, 0.2) is 76.7 Å². The van der Waals surface area contributed by atoms with E-state index in [1.54, 1.807) is 26.3 Å². The average Bonchev–Trinajstić information content (AvgIpc) is 4.08. The zero-order valence-electron chi connectivity index (χ0n) is 32.4. The molecule has 4 aliphatic carbocycles. The van der Waals surface area contributed by atoms with E-state index in [1.165, 1.54) is 81.0 Å². The highest BCUT2D eigenvalue weighted by Gasteiger charge is 2.26. The quantitative estimate of drug-likeness (QED) is 0.116. The number of nitrogens with zero attached hydrogens (tertiary/aromatic N) is 11. The van der Waals surface area contributed by atoms with Crippen LogP contribution in [0.4, 0.5) is 23.2 Å². The molecule has 4 aromatic carbocycles. The highest BCUT2D eigenvalue weighted by atomic mass is 79.9. The molecular weight excluding hydrogens is 1120 g/mol. The summed E-state index contributed by atoms with van der Waals surface area (Å²) >= 11 is 16.3. The maximum atomic E-state index is 13.7. The summed E-state index contributed by atoms with van der Waals surface area (Å²) in [6.07, 6.45) is 10.3. The first kappa shape index (κ1) is 44.4. The van der Waals surface area contributed by atoms with Gasteiger partial charge >= 0.3 is 0 Å². The van der Waals surface area contributed by atoms with Crippen molar-refractivity contribution in [3.05, 3.63) is 95.3 Å². The summed E-state index contributed by atoms with van der Waals surface area (Å²) in [4.78, 5) is 1.61. The summed E-state index contributed by atoms with van der Waals surface area (Å²) in [5, 5.41) is 32.8. The van der Waals surface area contributed by atoms with Crippen molar-refractivity contribution >= 4 is 118 Å². The molecule has 4 fully saturated rings. The first-order chi connectivity index (χ1) is 29.4. The summed E-state index contributed by atoms with van der Waals surface area (Å²) < 4.78 is 59.9. The van der Waals surface area contributed by atoms with Gasteiger partial charge in [-0.25, -0.2) is 26.9 Å². The fourth-order valence-electron chi connectivity index (χ4n) is 6.29. The highest BCUT2D eigenvalue weighted by molar-refractivity contribution is 9.11. The van der Waals surface area contributed by atoms with Gasteiger partial charge in [0.05, 0.1) is 18.6 Å². The van der Waals surface area contributed by atoms with Gasteiger partial charge in [0.1, 0.15) is 33.3 Å². The fourth-order valence-corrected chi connectivity index (χ4v) is 8.67. The van der Waals surface area contributed by atoms with Crippen molar-refractivity contribution in [2.24, 2.45) is 33.9 Å². The minimum atomic E-state index is -0.318. The van der Waals surface area contributed by atoms with Crippen molar-refractivity contribution in [3.8, 4) is 0 Å². The normalized spacial score (nSPS) is 16.3. The molecular formula is C41H38Br5F4N11. The highest BCUT2D eigenvalue weighted by Crippen LogP contribution is 2.35. The molecule has 0 saturated heterocycles. The Balaban J connectivity index is 0.000000109. The van der Waals surface area contributed by atoms with E-state index in [0.29, 0.717) is 66.5 Å². The second kappa shape index (κ2) is 19.7. The first-order valence-electron chi connectivity index (χ1n) is 19.9. The van der Waals surface area contributed by atoms with Crippen molar-refractivity contribution in [1.82, 2.24) is 45.0 Å². The smallest absolute Gasteiger partial charge is 0.154 e. The van der Waals surface area contributed by atoms with E-state index >= 15 is 0 Å². The third-order valence-electron chi connectivity index (χ3n) is 10.3. The van der Waals surface area contributed by atoms with Crippen LogP contribution in [0.1, 0.15) is 56.9 Å². The van der Waals surface area contributed by atoms with Crippen LogP contribution < -0.4 is 0 Å². The molecule has 20 heteroatoms. The molecule has 0 N–H and O–H groups in total. The van der Waals surface area contributed by atoms with Crippen molar-refractivity contribution in [3.63, 3.8) is 0 Å². The summed E-state index contributed by atoms with van der Waals surface area (Å²) in [5.41, 5.74) is 4.46. The van der Waals surface area contributed by atoms with Crippen LogP contribution in [0.5, 0.6) is 0 Å². The number of azo groups is 1. The molecule has 0 bridgehead atoms. The molecule has 320 valence electrons. The maximum Gasteiger partial charge on any atom is 0.154 e. The average molecular weight is 1160 g/mol. The van der Waals surface area contributed by atoms with E-state index in [0.717, 1.165) is 45.6 Å². The van der Waals surface area contributed by atoms with Gasteiger partial charge in [-0.2, -0.15) is 25.2 Å². The van der Waals surface area contributed by atoms with Gasteiger partial charge in [-0.3, -0.25) is 0 Å². The molecule has 0 unspecified atom stereocenters. The molecule has 0 amide bonds. The van der Waals surface area contributed by atoms with E-state index in [-0.39, 0.29) is 23.3 Å². The van der Waals surface area contributed by atoms with E-state index in [9.17, 15) is 17.6 Å². The maximum absolute atomic E-state index is 13.7. The molecule has 61 heavy (non-hydrogen) atoms. The Morgan fingerprint density at radius 1 is 0.541 bits per heavy atom. The molecule has 0 spiro atoms. The largest absolute Gasteiger partial charge is 0.244 e. The number of alkyl halides is 1. The molecule has 4 saturated carbocycles.